The molecule has 1 amide bonds. The molecule has 1 heterocycles. The molecule has 2 N–H and O–H groups in total. The number of aliphatic imine (C=N–C) groups is 1. The van der Waals surface area contributed by atoms with Gasteiger partial charge in [0.15, 0.2) is 11.6 Å². The molecule has 2 atom stereocenters. The summed E-state index contributed by atoms with van der Waals surface area (Å²) in [4.78, 5) is 22.5. The van der Waals surface area contributed by atoms with Gasteiger partial charge in [-0.25, -0.2) is 4.99 Å². The molecule has 0 radical (unpaired) electrons. The molecular weight excluding hydrogens is 578 g/mol. The summed E-state index contributed by atoms with van der Waals surface area (Å²) in [5, 5.41) is 16.1. The Labute approximate surface area is 269 Å². The van der Waals surface area contributed by atoms with Crippen molar-refractivity contribution in [1.29, 1.82) is 0 Å². The average Bonchev–Trinajstić information content (AvgIpc) is 3.49. The van der Waals surface area contributed by atoms with E-state index in [4.69, 9.17) is 25.1 Å². The number of aryl methyl sites for hydroxylation is 1. The number of amides is 1. The molecule has 4 aromatic rings. The fourth-order valence-electron chi connectivity index (χ4n) is 5.65. The van der Waals surface area contributed by atoms with Crippen LogP contribution in [0.3, 0.4) is 0 Å². The van der Waals surface area contributed by atoms with Crippen molar-refractivity contribution < 1.29 is 19.4 Å². The molecule has 5 rings (SSSR count). The van der Waals surface area contributed by atoms with Gasteiger partial charge in [0.25, 0.3) is 5.91 Å². The number of azide groups is 1. The predicted molar refractivity (Wildman–Crippen MR) is 179 cm³/mol. The van der Waals surface area contributed by atoms with Crippen molar-refractivity contribution in [3.63, 3.8) is 0 Å². The van der Waals surface area contributed by atoms with Gasteiger partial charge in [-0.05, 0) is 71.3 Å². The molecule has 1 aliphatic heterocycles. The molecule has 0 fully saturated rings. The lowest BCUT2D eigenvalue weighted by atomic mass is 9.81. The van der Waals surface area contributed by atoms with Gasteiger partial charge in [-0.2, -0.15) is 0 Å². The van der Waals surface area contributed by atoms with Gasteiger partial charge in [0.2, 0.25) is 5.90 Å². The molecule has 0 saturated heterocycles. The van der Waals surface area contributed by atoms with Crippen LogP contribution in [0.1, 0.15) is 53.2 Å². The maximum absolute atomic E-state index is 14.5. The van der Waals surface area contributed by atoms with Crippen LogP contribution in [0.2, 0.25) is 0 Å². The summed E-state index contributed by atoms with van der Waals surface area (Å²) in [7, 11) is 0. The number of aliphatic hydroxyl groups is 1. The van der Waals surface area contributed by atoms with E-state index in [9.17, 15) is 4.79 Å². The van der Waals surface area contributed by atoms with E-state index in [2.05, 4.69) is 27.5 Å². The van der Waals surface area contributed by atoms with Crippen molar-refractivity contribution in [3.8, 4) is 5.75 Å². The molecule has 4 aromatic carbocycles. The number of unbranched alkanes of at least 4 members (excludes halogenated alkanes) is 1. The number of hydrogen-bond acceptors (Lipinski definition) is 6. The molecule has 46 heavy (non-hydrogen) atoms. The summed E-state index contributed by atoms with van der Waals surface area (Å²) < 4.78 is 12.3. The van der Waals surface area contributed by atoms with Crippen LogP contribution in [-0.4, -0.2) is 42.2 Å². The Hall–Kier alpha value is -5.11. The van der Waals surface area contributed by atoms with E-state index in [1.807, 2.05) is 97.1 Å². The Morgan fingerprint density at radius 2 is 1.61 bits per heavy atom. The number of nitrogens with one attached hydrogen (secondary N) is 1. The molecule has 0 spiro atoms. The minimum absolute atomic E-state index is 0.0623. The summed E-state index contributed by atoms with van der Waals surface area (Å²) in [5.74, 6) is 0.808. The van der Waals surface area contributed by atoms with E-state index in [1.54, 1.807) is 0 Å². The van der Waals surface area contributed by atoms with Crippen LogP contribution >= 0.6 is 0 Å². The Morgan fingerprint density at radius 1 is 0.913 bits per heavy atom. The SMILES string of the molecule is [N-]=[N+]=NCc1ccccc1C[C@@]1(C(=O)NCCCCc2ccccc2)N=C(c2ccc(OCCCO)cc2)O[C@@H]1c1ccccc1. The summed E-state index contributed by atoms with van der Waals surface area (Å²) in [6, 6.07) is 35.1. The maximum Gasteiger partial charge on any atom is 0.252 e. The van der Waals surface area contributed by atoms with Gasteiger partial charge in [0, 0.05) is 36.5 Å². The molecule has 236 valence electrons. The van der Waals surface area contributed by atoms with Crippen molar-refractivity contribution in [2.75, 3.05) is 19.8 Å². The zero-order chi connectivity index (χ0) is 32.0. The van der Waals surface area contributed by atoms with Gasteiger partial charge in [0.05, 0.1) is 13.2 Å². The van der Waals surface area contributed by atoms with Crippen molar-refractivity contribution in [3.05, 3.63) is 147 Å². The van der Waals surface area contributed by atoms with E-state index in [1.165, 1.54) is 5.56 Å². The minimum atomic E-state index is -1.33. The zero-order valence-electron chi connectivity index (χ0n) is 25.8. The Balaban J connectivity index is 1.47. The highest BCUT2D eigenvalue weighted by atomic mass is 16.5. The third-order valence-corrected chi connectivity index (χ3v) is 8.04. The maximum atomic E-state index is 14.5. The molecule has 0 aliphatic carbocycles. The third-order valence-electron chi connectivity index (χ3n) is 8.04. The lowest BCUT2D eigenvalue weighted by Gasteiger charge is -2.31. The van der Waals surface area contributed by atoms with Gasteiger partial charge in [-0.3, -0.25) is 4.79 Å². The number of carbonyl (C=O) groups excluding carboxylic acids is 1. The van der Waals surface area contributed by atoms with Crippen LogP contribution in [-0.2, 0) is 28.9 Å². The fraction of sp³-hybridized carbons (Fsp3) is 0.297. The molecule has 9 heteroatoms. The van der Waals surface area contributed by atoms with Crippen LogP contribution in [0.4, 0.5) is 0 Å². The van der Waals surface area contributed by atoms with Crippen LogP contribution in [0.15, 0.2) is 119 Å². The van der Waals surface area contributed by atoms with E-state index >= 15 is 0 Å². The van der Waals surface area contributed by atoms with Crippen LogP contribution in [0.5, 0.6) is 5.75 Å². The second-order valence-electron chi connectivity index (χ2n) is 11.2. The largest absolute Gasteiger partial charge is 0.494 e. The molecular formula is C37H39N5O4. The lowest BCUT2D eigenvalue weighted by molar-refractivity contribution is -0.128. The summed E-state index contributed by atoms with van der Waals surface area (Å²) in [6.45, 7) is 1.13. The molecule has 9 nitrogen and oxygen atoms in total. The molecule has 0 saturated carbocycles. The highest BCUT2D eigenvalue weighted by molar-refractivity contribution is 6.01. The normalized spacial score (nSPS) is 17.0. The quantitative estimate of drug-likeness (QED) is 0.0613. The molecule has 1 aliphatic rings. The summed E-state index contributed by atoms with van der Waals surface area (Å²) >= 11 is 0. The van der Waals surface area contributed by atoms with Gasteiger partial charge in [-0.1, -0.05) is 90.0 Å². The lowest BCUT2D eigenvalue weighted by Crippen LogP contribution is -2.50. The topological polar surface area (TPSA) is 129 Å². The second-order valence-corrected chi connectivity index (χ2v) is 11.2. The monoisotopic (exact) mass is 617 g/mol. The van der Waals surface area contributed by atoms with E-state index in [-0.39, 0.29) is 25.5 Å². The number of carbonyl (C=O) groups is 1. The van der Waals surface area contributed by atoms with Crippen LogP contribution in [0, 0.1) is 0 Å². The first-order valence-corrected chi connectivity index (χ1v) is 15.7. The van der Waals surface area contributed by atoms with Crippen LogP contribution < -0.4 is 10.1 Å². The number of rotatable bonds is 16. The highest BCUT2D eigenvalue weighted by Crippen LogP contribution is 2.43. The smallest absolute Gasteiger partial charge is 0.252 e. The first kappa shape index (κ1) is 32.3. The number of ether oxygens (including phenoxy) is 2. The molecule has 0 aromatic heterocycles. The van der Waals surface area contributed by atoms with E-state index < -0.39 is 11.6 Å². The third kappa shape index (κ3) is 8.13. The standard InChI is InChI=1S/C37H39N5O4/c38-42-40-27-32-18-8-7-17-31(32)26-37(36(44)39-23-10-9-14-28-12-3-1-4-13-28)34(29-15-5-2-6-16-29)46-35(41-37)30-19-21-33(22-20-30)45-25-11-24-43/h1-8,12-13,15-22,34,43H,9-11,14,23-27H2,(H,39,44)/t34-,37-/m1/s1. The fourth-order valence-corrected chi connectivity index (χ4v) is 5.65. The Kier molecular flexibility index (Phi) is 11.4. The van der Waals surface area contributed by atoms with Crippen LogP contribution in [0.25, 0.3) is 10.4 Å². The second kappa shape index (κ2) is 16.3. The Bertz CT molecular complexity index is 1640. The predicted octanol–water partition coefficient (Wildman–Crippen LogP) is 6.90. The number of nitrogens with zero attached hydrogens (tertiary/aromatic N) is 4. The van der Waals surface area contributed by atoms with Gasteiger partial charge < -0.3 is 19.9 Å². The van der Waals surface area contributed by atoms with Crippen molar-refractivity contribution in [2.24, 2.45) is 10.1 Å². The number of hydrogen-bond donors (Lipinski definition) is 2. The summed E-state index contributed by atoms with van der Waals surface area (Å²) in [5.41, 5.74) is 12.2. The van der Waals surface area contributed by atoms with Gasteiger partial charge >= 0.3 is 0 Å². The summed E-state index contributed by atoms with van der Waals surface area (Å²) in [6.07, 6.45) is 2.77. The number of benzene rings is 4. The van der Waals surface area contributed by atoms with Gasteiger partial charge in [-0.15, -0.1) is 0 Å². The average molecular weight is 618 g/mol. The molecule has 0 unspecified atom stereocenters. The van der Waals surface area contributed by atoms with E-state index in [0.29, 0.717) is 31.2 Å². The first-order chi connectivity index (χ1) is 22.6. The van der Waals surface area contributed by atoms with E-state index in [0.717, 1.165) is 41.5 Å². The highest BCUT2D eigenvalue weighted by Gasteiger charge is 2.53. The Morgan fingerprint density at radius 3 is 2.33 bits per heavy atom. The van der Waals surface area contributed by atoms with Crippen molar-refractivity contribution in [2.45, 2.75) is 50.3 Å². The minimum Gasteiger partial charge on any atom is -0.494 e. The molecule has 0 bridgehead atoms. The van der Waals surface area contributed by atoms with Crippen molar-refractivity contribution >= 4 is 11.8 Å². The zero-order valence-corrected chi connectivity index (χ0v) is 25.8. The first-order valence-electron chi connectivity index (χ1n) is 15.7. The number of aliphatic hydroxyl groups excluding tert-OH is 1. The van der Waals surface area contributed by atoms with Gasteiger partial charge in [0.1, 0.15) is 5.75 Å². The van der Waals surface area contributed by atoms with Crippen molar-refractivity contribution in [1.82, 2.24) is 5.32 Å².